The molecule has 0 amide bonds. The Hall–Kier alpha value is -0.210. The predicted molar refractivity (Wildman–Crippen MR) is 64.2 cm³/mol. The molecule has 1 aromatic carbocycles. The minimum Gasteiger partial charge on any atom is -0.496 e. The van der Waals surface area contributed by atoms with E-state index in [4.69, 9.17) is 16.3 Å². The van der Waals surface area contributed by atoms with Gasteiger partial charge in [-0.25, -0.2) is 0 Å². The van der Waals surface area contributed by atoms with E-state index in [-0.39, 0.29) is 0 Å². The molecule has 0 atom stereocenters. The van der Waals surface area contributed by atoms with Crippen LogP contribution >= 0.6 is 27.5 Å². The van der Waals surface area contributed by atoms with E-state index in [0.717, 1.165) is 27.2 Å². The van der Waals surface area contributed by atoms with Gasteiger partial charge in [-0.05, 0) is 46.0 Å². The van der Waals surface area contributed by atoms with E-state index >= 15 is 0 Å². The summed E-state index contributed by atoms with van der Waals surface area (Å²) >= 11 is 9.52. The van der Waals surface area contributed by atoms with E-state index < -0.39 is 0 Å². The molecule has 1 rings (SSSR count). The van der Waals surface area contributed by atoms with Gasteiger partial charge in [-0.15, -0.1) is 0 Å². The zero-order valence-corrected chi connectivity index (χ0v) is 10.9. The highest BCUT2D eigenvalue weighted by molar-refractivity contribution is 9.10. The lowest BCUT2D eigenvalue weighted by Gasteiger charge is -2.10. The molecule has 0 heterocycles. The molecule has 1 aromatic rings. The molecule has 0 bridgehead atoms. The van der Waals surface area contributed by atoms with Crippen LogP contribution in [0.4, 0.5) is 0 Å². The molecule has 0 aliphatic rings. The second-order valence-corrected chi connectivity index (χ2v) is 4.94. The number of hydrogen-bond donors (Lipinski definition) is 0. The van der Waals surface area contributed by atoms with E-state index in [1.54, 1.807) is 7.11 Å². The van der Waals surface area contributed by atoms with Crippen LogP contribution in [0.5, 0.6) is 5.75 Å². The largest absolute Gasteiger partial charge is 0.496 e. The Balaban J connectivity index is 3.04. The highest BCUT2D eigenvalue weighted by atomic mass is 79.9. The fourth-order valence-electron chi connectivity index (χ4n) is 1.32. The average molecular weight is 278 g/mol. The lowest BCUT2D eigenvalue weighted by molar-refractivity contribution is 0.411. The summed E-state index contributed by atoms with van der Waals surface area (Å²) in [5.41, 5.74) is 1.14. The van der Waals surface area contributed by atoms with Crippen molar-refractivity contribution in [1.29, 1.82) is 0 Å². The van der Waals surface area contributed by atoms with Crippen LogP contribution in [0.3, 0.4) is 0 Å². The van der Waals surface area contributed by atoms with Crippen LogP contribution in [0.1, 0.15) is 19.4 Å². The van der Waals surface area contributed by atoms with Crippen LogP contribution in [0, 0.1) is 5.92 Å². The summed E-state index contributed by atoms with van der Waals surface area (Å²) in [6.45, 7) is 4.34. The first-order valence-corrected chi connectivity index (χ1v) is 5.73. The second kappa shape index (κ2) is 5.04. The van der Waals surface area contributed by atoms with Gasteiger partial charge in [-0.2, -0.15) is 0 Å². The molecule has 0 aliphatic carbocycles. The smallest absolute Gasteiger partial charge is 0.133 e. The fraction of sp³-hybridized carbons (Fsp3) is 0.455. The molecule has 0 unspecified atom stereocenters. The zero-order valence-electron chi connectivity index (χ0n) is 8.60. The number of benzene rings is 1. The molecule has 0 saturated carbocycles. The van der Waals surface area contributed by atoms with Crippen molar-refractivity contribution in [3.05, 3.63) is 27.2 Å². The van der Waals surface area contributed by atoms with Gasteiger partial charge in [0.25, 0.3) is 0 Å². The number of rotatable bonds is 3. The minimum absolute atomic E-state index is 0.596. The van der Waals surface area contributed by atoms with Gasteiger partial charge in [0.2, 0.25) is 0 Å². The maximum Gasteiger partial charge on any atom is 0.133 e. The van der Waals surface area contributed by atoms with Crippen LogP contribution in [-0.4, -0.2) is 7.11 Å². The van der Waals surface area contributed by atoms with Crippen molar-refractivity contribution in [3.63, 3.8) is 0 Å². The highest BCUT2D eigenvalue weighted by Gasteiger charge is 2.08. The first-order chi connectivity index (χ1) is 6.54. The normalized spacial score (nSPS) is 10.7. The SMILES string of the molecule is COc1cc(CC(C)C)c(Cl)cc1Br. The highest BCUT2D eigenvalue weighted by Crippen LogP contribution is 2.32. The summed E-state index contributed by atoms with van der Waals surface area (Å²) in [5.74, 6) is 1.43. The van der Waals surface area contributed by atoms with E-state index in [1.807, 2.05) is 12.1 Å². The molecule has 0 radical (unpaired) electrons. The predicted octanol–water partition coefficient (Wildman–Crippen LogP) is 4.31. The summed E-state index contributed by atoms with van der Waals surface area (Å²) < 4.78 is 6.12. The average Bonchev–Trinajstić information content (AvgIpc) is 2.09. The Morgan fingerprint density at radius 1 is 1.43 bits per heavy atom. The molecular weight excluding hydrogens is 263 g/mol. The summed E-state index contributed by atoms with van der Waals surface area (Å²) in [7, 11) is 1.66. The molecule has 0 saturated heterocycles. The summed E-state index contributed by atoms with van der Waals surface area (Å²) in [5, 5.41) is 0.798. The lowest BCUT2D eigenvalue weighted by Crippen LogP contribution is -1.96. The molecule has 0 fully saturated rings. The Morgan fingerprint density at radius 3 is 2.57 bits per heavy atom. The number of halogens is 2. The summed E-state index contributed by atoms with van der Waals surface area (Å²) in [6, 6.07) is 3.88. The number of methoxy groups -OCH3 is 1. The van der Waals surface area contributed by atoms with E-state index in [9.17, 15) is 0 Å². The molecule has 14 heavy (non-hydrogen) atoms. The topological polar surface area (TPSA) is 9.23 Å². The van der Waals surface area contributed by atoms with Gasteiger partial charge in [0.1, 0.15) is 5.75 Å². The van der Waals surface area contributed by atoms with Crippen molar-refractivity contribution >= 4 is 27.5 Å². The first kappa shape index (κ1) is 11.9. The molecule has 78 valence electrons. The van der Waals surface area contributed by atoms with Gasteiger partial charge in [0.05, 0.1) is 11.6 Å². The van der Waals surface area contributed by atoms with Gasteiger partial charge in [0, 0.05) is 5.02 Å². The van der Waals surface area contributed by atoms with Crippen molar-refractivity contribution in [1.82, 2.24) is 0 Å². The first-order valence-electron chi connectivity index (χ1n) is 4.56. The molecule has 3 heteroatoms. The van der Waals surface area contributed by atoms with Gasteiger partial charge in [-0.1, -0.05) is 25.4 Å². The molecule has 1 nitrogen and oxygen atoms in total. The maximum absolute atomic E-state index is 6.12. The second-order valence-electron chi connectivity index (χ2n) is 3.68. The van der Waals surface area contributed by atoms with Crippen molar-refractivity contribution < 1.29 is 4.74 Å². The third-order valence-electron chi connectivity index (χ3n) is 1.95. The monoisotopic (exact) mass is 276 g/mol. The van der Waals surface area contributed by atoms with Gasteiger partial charge >= 0.3 is 0 Å². The zero-order chi connectivity index (χ0) is 10.7. The lowest BCUT2D eigenvalue weighted by atomic mass is 10.0. The van der Waals surface area contributed by atoms with Gasteiger partial charge in [-0.3, -0.25) is 0 Å². The molecule has 0 aromatic heterocycles. The van der Waals surface area contributed by atoms with E-state index in [2.05, 4.69) is 29.8 Å². The van der Waals surface area contributed by atoms with E-state index in [0.29, 0.717) is 5.92 Å². The Morgan fingerprint density at radius 2 is 2.07 bits per heavy atom. The van der Waals surface area contributed by atoms with Crippen molar-refractivity contribution in [3.8, 4) is 5.75 Å². The standard InChI is InChI=1S/C11H14BrClO/c1-7(2)4-8-5-11(14-3)9(12)6-10(8)13/h5-7H,4H2,1-3H3. The quantitative estimate of drug-likeness (QED) is 0.800. The Kier molecular flexibility index (Phi) is 4.27. The molecule has 0 spiro atoms. The van der Waals surface area contributed by atoms with Gasteiger partial charge in [0.15, 0.2) is 0 Å². The van der Waals surface area contributed by atoms with Crippen LogP contribution in [0.25, 0.3) is 0 Å². The van der Waals surface area contributed by atoms with Crippen LogP contribution in [-0.2, 0) is 6.42 Å². The minimum atomic E-state index is 0.596. The fourth-order valence-corrected chi connectivity index (χ4v) is 2.20. The Labute approximate surface area is 98.5 Å². The van der Waals surface area contributed by atoms with Crippen molar-refractivity contribution in [2.75, 3.05) is 7.11 Å². The molecule has 0 N–H and O–H groups in total. The van der Waals surface area contributed by atoms with Crippen LogP contribution in [0.15, 0.2) is 16.6 Å². The van der Waals surface area contributed by atoms with Crippen molar-refractivity contribution in [2.24, 2.45) is 5.92 Å². The van der Waals surface area contributed by atoms with Gasteiger partial charge < -0.3 is 4.74 Å². The number of hydrogen-bond acceptors (Lipinski definition) is 1. The molecular formula is C11H14BrClO. The third kappa shape index (κ3) is 2.89. The Bertz CT molecular complexity index is 323. The van der Waals surface area contributed by atoms with Crippen LogP contribution < -0.4 is 4.74 Å². The van der Waals surface area contributed by atoms with Crippen LogP contribution in [0.2, 0.25) is 5.02 Å². The van der Waals surface area contributed by atoms with Crippen molar-refractivity contribution in [2.45, 2.75) is 20.3 Å². The molecule has 0 aliphatic heterocycles. The maximum atomic E-state index is 6.12. The summed E-state index contributed by atoms with van der Waals surface area (Å²) in [4.78, 5) is 0. The third-order valence-corrected chi connectivity index (χ3v) is 2.92. The van der Waals surface area contributed by atoms with E-state index in [1.165, 1.54) is 0 Å². The summed E-state index contributed by atoms with van der Waals surface area (Å²) in [6.07, 6.45) is 0.975. The number of ether oxygens (including phenoxy) is 1.